The van der Waals surface area contributed by atoms with Gasteiger partial charge in [-0.3, -0.25) is 4.79 Å². The first kappa shape index (κ1) is 38.4. The van der Waals surface area contributed by atoms with Gasteiger partial charge in [-0.05, 0) is 63.8 Å². The predicted octanol–water partition coefficient (Wildman–Crippen LogP) is 11.5. The average Bonchev–Trinajstić information content (AvgIpc) is 3.23. The molecule has 52 heavy (non-hydrogen) atoms. The molecular weight excluding hydrogens is 673 g/mol. The summed E-state index contributed by atoms with van der Waals surface area (Å²) in [6.07, 6.45) is 10.0. The smallest absolute Gasteiger partial charge is 0.142 e. The van der Waals surface area contributed by atoms with E-state index in [1.54, 1.807) is 6.08 Å². The molecule has 0 spiro atoms. The Kier molecular flexibility index (Phi) is 15.4. The molecule has 0 aliphatic rings. The van der Waals surface area contributed by atoms with E-state index in [4.69, 9.17) is 5.11 Å². The van der Waals surface area contributed by atoms with Gasteiger partial charge in [0.2, 0.25) is 0 Å². The molecule has 2 nitrogen and oxygen atoms in total. The lowest BCUT2D eigenvalue weighted by molar-refractivity contribution is -0.104. The zero-order valence-electron chi connectivity index (χ0n) is 29.4. The zero-order valence-corrected chi connectivity index (χ0v) is 31.0. The van der Waals surface area contributed by atoms with Crippen molar-refractivity contribution < 1.29 is 9.90 Å². The number of aliphatic hydroxyl groups excluding tert-OH is 1. The molecule has 6 aromatic carbocycles. The molecule has 0 bridgehead atoms. The van der Waals surface area contributed by atoms with E-state index >= 15 is 0 Å². The van der Waals surface area contributed by atoms with Crippen molar-refractivity contribution in [3.63, 3.8) is 0 Å². The van der Waals surface area contributed by atoms with Crippen LogP contribution in [0, 0.1) is 0 Å². The lowest BCUT2D eigenvalue weighted by atomic mass is 9.84. The molecule has 6 rings (SSSR count). The number of carbonyl (C=O) groups is 1. The monoisotopic (exact) mass is 718 g/mol. The van der Waals surface area contributed by atoms with Crippen LogP contribution in [0.2, 0.25) is 0 Å². The van der Waals surface area contributed by atoms with Crippen molar-refractivity contribution in [3.05, 3.63) is 240 Å². The summed E-state index contributed by atoms with van der Waals surface area (Å²) >= 11 is 3.86. The fourth-order valence-electron chi connectivity index (χ4n) is 6.44. The van der Waals surface area contributed by atoms with Crippen LogP contribution in [0.1, 0.15) is 46.2 Å². The highest BCUT2D eigenvalue weighted by Gasteiger charge is 2.37. The molecule has 0 radical (unpaired) electrons. The Balaban J connectivity index is 0.000000201. The molecule has 0 aromatic heterocycles. The van der Waals surface area contributed by atoms with E-state index in [1.807, 2.05) is 35.7 Å². The van der Waals surface area contributed by atoms with Crippen LogP contribution in [-0.4, -0.2) is 29.5 Å². The minimum Gasteiger partial charge on any atom is -0.392 e. The van der Waals surface area contributed by atoms with Crippen LogP contribution in [-0.2, 0) is 14.3 Å². The minimum absolute atomic E-state index is 0.103. The number of thioether (sulfide) groups is 2. The molecule has 0 saturated heterocycles. The molecule has 0 heterocycles. The Morgan fingerprint density at radius 2 is 0.673 bits per heavy atom. The van der Waals surface area contributed by atoms with E-state index in [0.717, 1.165) is 30.6 Å². The number of allylic oxidation sites excluding steroid dienone is 3. The van der Waals surface area contributed by atoms with E-state index < -0.39 is 0 Å². The molecule has 1 N–H and O–H groups in total. The molecule has 0 aliphatic heterocycles. The van der Waals surface area contributed by atoms with Crippen LogP contribution < -0.4 is 0 Å². The van der Waals surface area contributed by atoms with Crippen LogP contribution in [0.15, 0.2) is 206 Å². The highest BCUT2D eigenvalue weighted by atomic mass is 32.2. The van der Waals surface area contributed by atoms with Crippen molar-refractivity contribution >= 4 is 29.8 Å². The summed E-state index contributed by atoms with van der Waals surface area (Å²) in [5.74, 6) is 1.89. The van der Waals surface area contributed by atoms with Gasteiger partial charge in [-0.2, -0.15) is 0 Å². The Morgan fingerprint density at radius 3 is 0.923 bits per heavy atom. The van der Waals surface area contributed by atoms with Crippen molar-refractivity contribution in [2.45, 2.75) is 22.3 Å². The highest BCUT2D eigenvalue weighted by Crippen LogP contribution is 2.49. The van der Waals surface area contributed by atoms with E-state index in [9.17, 15) is 4.79 Å². The second kappa shape index (κ2) is 20.8. The van der Waals surface area contributed by atoms with E-state index in [2.05, 4.69) is 188 Å². The minimum atomic E-state index is -0.279. The standard InChI is InChI=1S/C24H24OS.C24H22OS/c2*25-19-11-4-12-20-26-24(21-13-5-1-6-14-21,22-15-7-2-8-16-22)23-17-9-3-10-18-23/h1-11,13-18,25H,12,19-20H2;1-11,13-19H,12,20H2/b2*11-4+. The van der Waals surface area contributed by atoms with Crippen LogP contribution in [0.4, 0.5) is 0 Å². The highest BCUT2D eigenvalue weighted by molar-refractivity contribution is 8.00. The SMILES string of the molecule is O=C/C=C/CCSC(c1ccccc1)(c1ccccc1)c1ccccc1.OC/C=C/CCSC(c1ccccc1)(c1ccccc1)c1ccccc1. The third kappa shape index (κ3) is 9.71. The Hall–Kier alpha value is -4.87. The molecule has 0 amide bonds. The maximum atomic E-state index is 10.5. The average molecular weight is 719 g/mol. The van der Waals surface area contributed by atoms with E-state index in [-0.39, 0.29) is 16.1 Å². The van der Waals surface area contributed by atoms with Gasteiger partial charge in [-0.25, -0.2) is 0 Å². The summed E-state index contributed by atoms with van der Waals surface area (Å²) in [7, 11) is 0. The topological polar surface area (TPSA) is 37.3 Å². The maximum Gasteiger partial charge on any atom is 0.142 e. The number of aliphatic hydroxyl groups is 1. The van der Waals surface area contributed by atoms with E-state index in [0.29, 0.717) is 0 Å². The number of hydrogen-bond acceptors (Lipinski definition) is 4. The van der Waals surface area contributed by atoms with Crippen molar-refractivity contribution in [3.8, 4) is 0 Å². The fourth-order valence-corrected chi connectivity index (χ4v) is 9.38. The number of carbonyl (C=O) groups excluding carboxylic acids is 1. The van der Waals surface area contributed by atoms with Crippen molar-refractivity contribution in [1.82, 2.24) is 0 Å². The van der Waals surface area contributed by atoms with Crippen LogP contribution in [0.3, 0.4) is 0 Å². The van der Waals surface area contributed by atoms with Gasteiger partial charge in [0, 0.05) is 0 Å². The zero-order chi connectivity index (χ0) is 36.2. The molecular formula is C48H46O2S2. The van der Waals surface area contributed by atoms with Crippen LogP contribution in [0.25, 0.3) is 0 Å². The lowest BCUT2D eigenvalue weighted by Gasteiger charge is -2.35. The second-order valence-electron chi connectivity index (χ2n) is 12.1. The normalized spacial score (nSPS) is 11.6. The van der Waals surface area contributed by atoms with Gasteiger partial charge in [0.25, 0.3) is 0 Å². The summed E-state index contributed by atoms with van der Waals surface area (Å²) < 4.78 is -0.532. The van der Waals surface area contributed by atoms with Crippen molar-refractivity contribution in [2.24, 2.45) is 0 Å². The van der Waals surface area contributed by atoms with Crippen LogP contribution >= 0.6 is 23.5 Å². The largest absolute Gasteiger partial charge is 0.392 e. The first-order chi connectivity index (χ1) is 25.8. The van der Waals surface area contributed by atoms with Crippen molar-refractivity contribution in [2.75, 3.05) is 18.1 Å². The second-order valence-corrected chi connectivity index (χ2v) is 14.7. The molecule has 0 fully saturated rings. The maximum absolute atomic E-state index is 10.5. The van der Waals surface area contributed by atoms with Gasteiger partial charge < -0.3 is 5.11 Å². The van der Waals surface area contributed by atoms with Gasteiger partial charge in [-0.1, -0.05) is 200 Å². The third-order valence-corrected chi connectivity index (χ3v) is 11.9. The Labute approximate surface area is 318 Å². The van der Waals surface area contributed by atoms with E-state index in [1.165, 1.54) is 33.4 Å². The number of aldehydes is 1. The number of rotatable bonds is 16. The summed E-state index contributed by atoms with van der Waals surface area (Å²) in [5, 5.41) is 8.97. The molecule has 262 valence electrons. The molecule has 6 aromatic rings. The Bertz CT molecular complexity index is 1720. The van der Waals surface area contributed by atoms with Gasteiger partial charge in [0.05, 0.1) is 16.1 Å². The fraction of sp³-hybridized carbons (Fsp3) is 0.146. The number of hydrogen-bond donors (Lipinski definition) is 1. The molecule has 0 atom stereocenters. The van der Waals surface area contributed by atoms with Gasteiger partial charge in [0.1, 0.15) is 6.29 Å². The Morgan fingerprint density at radius 1 is 0.404 bits per heavy atom. The van der Waals surface area contributed by atoms with Crippen molar-refractivity contribution in [1.29, 1.82) is 0 Å². The van der Waals surface area contributed by atoms with Gasteiger partial charge >= 0.3 is 0 Å². The predicted molar refractivity (Wildman–Crippen MR) is 224 cm³/mol. The molecule has 4 heteroatoms. The summed E-state index contributed by atoms with van der Waals surface area (Å²) in [5.41, 5.74) is 7.65. The van der Waals surface area contributed by atoms with Gasteiger partial charge in [-0.15, -0.1) is 23.5 Å². The summed E-state index contributed by atoms with van der Waals surface area (Å²) in [6.45, 7) is 0.103. The first-order valence-electron chi connectivity index (χ1n) is 17.7. The molecule has 0 unspecified atom stereocenters. The molecule has 0 aliphatic carbocycles. The number of benzene rings is 6. The van der Waals surface area contributed by atoms with Crippen LogP contribution in [0.5, 0.6) is 0 Å². The first-order valence-corrected chi connectivity index (χ1v) is 19.7. The van der Waals surface area contributed by atoms with Gasteiger partial charge in [0.15, 0.2) is 0 Å². The molecule has 0 saturated carbocycles. The summed E-state index contributed by atoms with van der Waals surface area (Å²) in [6, 6.07) is 64.2. The third-order valence-electron chi connectivity index (χ3n) is 8.77. The summed E-state index contributed by atoms with van der Waals surface area (Å²) in [4.78, 5) is 10.5. The quantitative estimate of drug-likeness (QED) is 0.0355. The lowest BCUT2D eigenvalue weighted by Crippen LogP contribution is -2.26.